The van der Waals surface area contributed by atoms with Crippen molar-refractivity contribution < 1.29 is 9.13 Å². The summed E-state index contributed by atoms with van der Waals surface area (Å²) in [5.74, 6) is 0.103. The van der Waals surface area contributed by atoms with Crippen LogP contribution in [0.25, 0.3) is 0 Å². The maximum absolute atomic E-state index is 15.4. The van der Waals surface area contributed by atoms with E-state index in [0.29, 0.717) is 59.9 Å². The Kier molecular flexibility index (Phi) is 6.84. The molecular weight excluding hydrogens is 581 g/mol. The van der Waals surface area contributed by atoms with Gasteiger partial charge in [0.1, 0.15) is 5.82 Å². The van der Waals surface area contributed by atoms with E-state index in [1.54, 1.807) is 57.9 Å². The molecule has 10 heteroatoms. The first-order chi connectivity index (χ1) is 18.7. The van der Waals surface area contributed by atoms with E-state index in [2.05, 4.69) is 0 Å². The average molecular weight is 602 g/mol. The van der Waals surface area contributed by atoms with Crippen LogP contribution in [0.5, 0.6) is 11.8 Å². The maximum Gasteiger partial charge on any atom is 0.224 e. The standard InChI is InChI=1S/C29H21Cl4FN4O/c1-15-25-27(17-7-3-4-12-24(17)34)26-16(2)36-38(14-19-22(32)10-6-11-23(19)33)29(26)39-28(25)37(35-15)13-18-20(30)8-5-9-21(18)31/h3-12,27H,13-14H2,1-2H3. The van der Waals surface area contributed by atoms with Crippen LogP contribution >= 0.6 is 46.4 Å². The summed E-state index contributed by atoms with van der Waals surface area (Å²) in [4.78, 5) is 0. The van der Waals surface area contributed by atoms with Gasteiger partial charge in [0.15, 0.2) is 0 Å². The van der Waals surface area contributed by atoms with Crippen LogP contribution in [-0.4, -0.2) is 19.6 Å². The fourth-order valence-corrected chi connectivity index (χ4v) is 6.20. The lowest BCUT2D eigenvalue weighted by Crippen LogP contribution is -2.16. The minimum absolute atomic E-state index is 0.261. The van der Waals surface area contributed by atoms with Gasteiger partial charge in [0, 0.05) is 47.9 Å². The van der Waals surface area contributed by atoms with E-state index in [1.807, 2.05) is 19.9 Å². The molecule has 0 atom stereocenters. The van der Waals surface area contributed by atoms with E-state index in [9.17, 15) is 0 Å². The van der Waals surface area contributed by atoms with Crippen LogP contribution in [0.1, 0.15) is 45.1 Å². The number of halogens is 5. The Morgan fingerprint density at radius 2 is 1.13 bits per heavy atom. The fraction of sp³-hybridized carbons (Fsp3) is 0.172. The highest BCUT2D eigenvalue weighted by Crippen LogP contribution is 2.51. The Morgan fingerprint density at radius 3 is 1.56 bits per heavy atom. The van der Waals surface area contributed by atoms with Crippen molar-refractivity contribution in [2.45, 2.75) is 32.9 Å². The molecule has 1 aliphatic rings. The monoisotopic (exact) mass is 600 g/mol. The van der Waals surface area contributed by atoms with Crippen molar-refractivity contribution >= 4 is 46.4 Å². The Hall–Kier alpha value is -3.03. The summed E-state index contributed by atoms with van der Waals surface area (Å²) >= 11 is 26.0. The van der Waals surface area contributed by atoms with Gasteiger partial charge in [-0.3, -0.25) is 0 Å². The molecule has 2 aromatic heterocycles. The number of aromatic nitrogens is 4. The van der Waals surface area contributed by atoms with Gasteiger partial charge in [0.05, 0.1) is 30.4 Å². The summed E-state index contributed by atoms with van der Waals surface area (Å²) in [6.07, 6.45) is 0. The van der Waals surface area contributed by atoms with Crippen molar-refractivity contribution in [2.75, 3.05) is 0 Å². The van der Waals surface area contributed by atoms with Crippen LogP contribution < -0.4 is 4.74 Å². The predicted octanol–water partition coefficient (Wildman–Crippen LogP) is 8.83. The SMILES string of the molecule is Cc1nn(Cc2c(Cl)cccc2Cl)c2c1C(c1ccccc1F)c1c(C)nn(Cc3c(Cl)cccc3Cl)c1O2. The number of fused-ring (bicyclic) bond motifs is 2. The molecule has 0 bridgehead atoms. The third-order valence-electron chi connectivity index (χ3n) is 6.98. The van der Waals surface area contributed by atoms with Gasteiger partial charge in [-0.1, -0.05) is 76.7 Å². The molecular formula is C29H21Cl4FN4O. The van der Waals surface area contributed by atoms with Gasteiger partial charge in [-0.15, -0.1) is 0 Å². The molecule has 3 heterocycles. The molecule has 39 heavy (non-hydrogen) atoms. The van der Waals surface area contributed by atoms with E-state index in [1.165, 1.54) is 6.07 Å². The number of hydrogen-bond donors (Lipinski definition) is 0. The minimum atomic E-state index is -0.504. The van der Waals surface area contributed by atoms with Crippen molar-refractivity contribution in [2.24, 2.45) is 0 Å². The molecule has 0 spiro atoms. The number of benzene rings is 3. The number of hydrogen-bond acceptors (Lipinski definition) is 3. The molecule has 5 aromatic rings. The predicted molar refractivity (Wildman–Crippen MR) is 152 cm³/mol. The summed E-state index contributed by atoms with van der Waals surface area (Å²) in [6.45, 7) is 4.29. The lowest BCUT2D eigenvalue weighted by Gasteiger charge is -2.26. The third kappa shape index (κ3) is 4.49. The van der Waals surface area contributed by atoms with Crippen LogP contribution in [0.15, 0.2) is 60.7 Å². The van der Waals surface area contributed by atoms with E-state index < -0.39 is 5.92 Å². The highest BCUT2D eigenvalue weighted by Gasteiger charge is 2.40. The quantitative estimate of drug-likeness (QED) is 0.198. The lowest BCUT2D eigenvalue weighted by atomic mass is 9.83. The van der Waals surface area contributed by atoms with Gasteiger partial charge in [-0.05, 0) is 44.2 Å². The molecule has 0 radical (unpaired) electrons. The second-order valence-corrected chi connectivity index (χ2v) is 11.0. The first-order valence-electron chi connectivity index (χ1n) is 12.2. The zero-order valence-electron chi connectivity index (χ0n) is 20.9. The van der Waals surface area contributed by atoms with Gasteiger partial charge in [-0.25, -0.2) is 13.8 Å². The number of ether oxygens (including phenoxy) is 1. The third-order valence-corrected chi connectivity index (χ3v) is 8.39. The van der Waals surface area contributed by atoms with Crippen molar-refractivity contribution in [3.63, 3.8) is 0 Å². The van der Waals surface area contributed by atoms with Crippen molar-refractivity contribution in [3.8, 4) is 11.8 Å². The fourth-order valence-electron chi connectivity index (χ4n) is 5.17. The summed E-state index contributed by atoms with van der Waals surface area (Å²) in [5.41, 5.74) is 4.83. The van der Waals surface area contributed by atoms with Crippen molar-refractivity contribution in [1.29, 1.82) is 0 Å². The molecule has 0 unspecified atom stereocenters. The maximum atomic E-state index is 15.4. The molecule has 0 N–H and O–H groups in total. The Morgan fingerprint density at radius 1 is 0.692 bits per heavy atom. The van der Waals surface area contributed by atoms with E-state index in [-0.39, 0.29) is 18.9 Å². The first kappa shape index (κ1) is 26.2. The average Bonchev–Trinajstić information content (AvgIpc) is 3.39. The van der Waals surface area contributed by atoms with Gasteiger partial charge in [0.25, 0.3) is 0 Å². The normalized spacial score (nSPS) is 12.8. The van der Waals surface area contributed by atoms with E-state index in [4.69, 9.17) is 61.3 Å². The second kappa shape index (κ2) is 10.2. The van der Waals surface area contributed by atoms with E-state index in [0.717, 1.165) is 11.1 Å². The lowest BCUT2D eigenvalue weighted by molar-refractivity contribution is 0.361. The van der Waals surface area contributed by atoms with Crippen LogP contribution in [0.2, 0.25) is 20.1 Å². The van der Waals surface area contributed by atoms with E-state index >= 15 is 4.39 Å². The van der Waals surface area contributed by atoms with Gasteiger partial charge >= 0.3 is 0 Å². The zero-order valence-corrected chi connectivity index (χ0v) is 23.9. The molecule has 0 amide bonds. The minimum Gasteiger partial charge on any atom is -0.421 e. The largest absolute Gasteiger partial charge is 0.421 e. The molecule has 1 aliphatic heterocycles. The smallest absolute Gasteiger partial charge is 0.224 e. The molecule has 0 saturated carbocycles. The summed E-state index contributed by atoms with van der Waals surface area (Å²) in [6, 6.07) is 17.4. The van der Waals surface area contributed by atoms with Crippen molar-refractivity contribution in [3.05, 3.63) is 126 Å². The summed E-state index contributed by atoms with van der Waals surface area (Å²) in [7, 11) is 0. The second-order valence-electron chi connectivity index (χ2n) is 9.38. The van der Waals surface area contributed by atoms with Crippen LogP contribution in [0.3, 0.4) is 0 Å². The topological polar surface area (TPSA) is 44.9 Å². The molecule has 3 aromatic carbocycles. The molecule has 0 fully saturated rings. The number of nitrogens with zero attached hydrogens (tertiary/aromatic N) is 4. The Balaban J connectivity index is 1.55. The van der Waals surface area contributed by atoms with Gasteiger partial charge in [-0.2, -0.15) is 10.2 Å². The summed E-state index contributed by atoms with van der Waals surface area (Å²) in [5, 5.41) is 11.6. The number of rotatable bonds is 5. The highest BCUT2D eigenvalue weighted by atomic mass is 35.5. The molecule has 198 valence electrons. The first-order valence-corrected chi connectivity index (χ1v) is 13.7. The highest BCUT2D eigenvalue weighted by molar-refractivity contribution is 6.36. The number of aryl methyl sites for hydroxylation is 2. The Labute approximate surface area is 244 Å². The molecule has 0 aliphatic carbocycles. The van der Waals surface area contributed by atoms with Crippen molar-refractivity contribution in [1.82, 2.24) is 19.6 Å². The molecule has 6 rings (SSSR count). The van der Waals surface area contributed by atoms with Crippen LogP contribution in [0.4, 0.5) is 4.39 Å². The Bertz CT molecular complexity index is 1600. The van der Waals surface area contributed by atoms with Crippen LogP contribution in [-0.2, 0) is 13.1 Å². The molecule has 5 nitrogen and oxygen atoms in total. The summed E-state index contributed by atoms with van der Waals surface area (Å²) < 4.78 is 25.4. The zero-order chi connectivity index (χ0) is 27.4. The van der Waals surface area contributed by atoms with Gasteiger partial charge < -0.3 is 4.74 Å². The van der Waals surface area contributed by atoms with Crippen LogP contribution in [0, 0.1) is 19.7 Å². The molecule has 0 saturated heterocycles. The van der Waals surface area contributed by atoms with Gasteiger partial charge in [0.2, 0.25) is 11.8 Å².